The van der Waals surface area contributed by atoms with Crippen molar-refractivity contribution >= 4 is 0 Å². The third kappa shape index (κ3) is 0.466. The molecule has 0 unspecified atom stereocenters. The van der Waals surface area contributed by atoms with E-state index in [1.807, 2.05) is 5.21 Å². The summed E-state index contributed by atoms with van der Waals surface area (Å²) < 4.78 is 0. The van der Waals surface area contributed by atoms with Crippen LogP contribution in [0.2, 0.25) is 0 Å². The Morgan fingerprint density at radius 2 is 2.71 bits per heavy atom. The molecule has 0 atom stereocenters. The fraction of sp³-hybridized carbons (Fsp3) is 0. The topological polar surface area (TPSA) is 70.9 Å². The molecule has 1 rings (SSSR count). The van der Waals surface area contributed by atoms with Gasteiger partial charge in [0.15, 0.2) is 0 Å². The monoisotopic (exact) mass is 101 g/mol. The molecule has 7 heavy (non-hydrogen) atoms. The number of rotatable bonds is 0. The molecule has 0 saturated heterocycles. The van der Waals surface area contributed by atoms with Gasteiger partial charge in [0.05, 0.1) is 0 Å². The zero-order valence-corrected chi connectivity index (χ0v) is 3.33. The highest BCUT2D eigenvalue weighted by Gasteiger charge is 1.85. The molecular weight excluding hydrogens is 98.0 g/mol. The molecule has 1 aromatic rings. The summed E-state index contributed by atoms with van der Waals surface area (Å²) >= 11 is 0. The Balaban J connectivity index is 3.39. The van der Waals surface area contributed by atoms with Crippen molar-refractivity contribution in [3.8, 4) is 0 Å². The lowest BCUT2D eigenvalue weighted by atomic mass is 10.9. The number of aromatic amines is 1. The molecule has 0 aliphatic rings. The van der Waals surface area contributed by atoms with Gasteiger partial charge in [0, 0.05) is 0 Å². The predicted octanol–water partition coefficient (Wildman–Crippen LogP) is -1.19. The van der Waals surface area contributed by atoms with Gasteiger partial charge in [-0.05, 0) is 0 Å². The Hall–Kier alpha value is -1.26. The van der Waals surface area contributed by atoms with E-state index in [9.17, 15) is 4.79 Å². The molecule has 1 heterocycles. The van der Waals surface area contributed by atoms with Gasteiger partial charge in [-0.1, -0.05) is 4.85 Å². The number of aromatic nitrogens is 3. The third-order valence-corrected chi connectivity index (χ3v) is 0.536. The molecular formula is C2H3N3O2. The third-order valence-electron chi connectivity index (χ3n) is 0.536. The lowest BCUT2D eigenvalue weighted by Gasteiger charge is -1.76. The van der Waals surface area contributed by atoms with Crippen LogP contribution in [-0.4, -0.2) is 20.4 Å². The van der Waals surface area contributed by atoms with Crippen LogP contribution < -0.4 is 5.56 Å². The van der Waals surface area contributed by atoms with E-state index in [0.717, 1.165) is 6.20 Å². The number of hydrogen-bond donors (Lipinski definition) is 2. The van der Waals surface area contributed by atoms with E-state index in [1.54, 1.807) is 0 Å². The maximum atomic E-state index is 10.0. The summed E-state index contributed by atoms with van der Waals surface area (Å²) in [6.07, 6.45) is 0.972. The molecule has 0 aliphatic carbocycles. The average Bonchev–Trinajstić information content (AvgIpc) is 1.91. The normalized spacial score (nSPS) is 9.14. The summed E-state index contributed by atoms with van der Waals surface area (Å²) in [5.74, 6) is 0. The Labute approximate surface area is 38.1 Å². The molecule has 5 nitrogen and oxygen atoms in total. The van der Waals surface area contributed by atoms with Crippen molar-refractivity contribution in [2.45, 2.75) is 0 Å². The summed E-state index contributed by atoms with van der Waals surface area (Å²) in [7, 11) is 0. The first-order valence-corrected chi connectivity index (χ1v) is 1.62. The standard InChI is InChI=1S/C2H3N3O2/c6-2-1-3-4-5(2)7/h1,4,7H. The molecule has 38 valence electrons. The van der Waals surface area contributed by atoms with E-state index in [2.05, 4.69) is 5.10 Å². The highest BCUT2D eigenvalue weighted by Crippen LogP contribution is 1.52. The second kappa shape index (κ2) is 1.11. The van der Waals surface area contributed by atoms with Crippen LogP contribution in [0.5, 0.6) is 0 Å². The minimum Gasteiger partial charge on any atom is -0.409 e. The summed E-state index contributed by atoms with van der Waals surface area (Å²) in [5, 5.41) is 13.4. The molecule has 5 heteroatoms. The van der Waals surface area contributed by atoms with Crippen molar-refractivity contribution in [1.82, 2.24) is 15.2 Å². The van der Waals surface area contributed by atoms with E-state index in [0.29, 0.717) is 4.85 Å². The van der Waals surface area contributed by atoms with Gasteiger partial charge in [-0.25, -0.2) is 0 Å². The second-order valence-electron chi connectivity index (χ2n) is 1.01. The quantitative estimate of drug-likeness (QED) is 0.403. The summed E-state index contributed by atoms with van der Waals surface area (Å²) in [5.41, 5.74) is -0.556. The first-order valence-electron chi connectivity index (χ1n) is 1.62. The van der Waals surface area contributed by atoms with E-state index in [-0.39, 0.29) is 0 Å². The maximum absolute atomic E-state index is 10.0. The van der Waals surface area contributed by atoms with Gasteiger partial charge in [0.25, 0.3) is 0 Å². The SMILES string of the molecule is O=c1cn[nH]n1O. The first-order chi connectivity index (χ1) is 3.30. The molecule has 0 amide bonds. The molecule has 2 N–H and O–H groups in total. The number of H-pyrrole nitrogens is 1. The first kappa shape index (κ1) is 3.91. The van der Waals surface area contributed by atoms with Crippen molar-refractivity contribution < 1.29 is 5.21 Å². The van der Waals surface area contributed by atoms with Crippen molar-refractivity contribution in [2.24, 2.45) is 0 Å². The summed E-state index contributed by atoms with van der Waals surface area (Å²) in [6.45, 7) is 0. The van der Waals surface area contributed by atoms with Gasteiger partial charge in [-0.2, -0.15) is 10.3 Å². The van der Waals surface area contributed by atoms with Crippen molar-refractivity contribution in [2.75, 3.05) is 0 Å². The molecule has 0 aliphatic heterocycles. The fourth-order valence-electron chi connectivity index (χ4n) is 0.243. The number of hydrogen-bond acceptors (Lipinski definition) is 3. The van der Waals surface area contributed by atoms with E-state index < -0.39 is 5.56 Å². The number of nitrogens with zero attached hydrogens (tertiary/aromatic N) is 2. The van der Waals surface area contributed by atoms with Crippen LogP contribution in [0, 0.1) is 0 Å². The molecule has 0 spiro atoms. The highest BCUT2D eigenvalue weighted by molar-refractivity contribution is 4.62. The average molecular weight is 101 g/mol. The smallest absolute Gasteiger partial charge is 0.322 e. The second-order valence-corrected chi connectivity index (χ2v) is 1.01. The Morgan fingerprint density at radius 3 is 2.86 bits per heavy atom. The van der Waals surface area contributed by atoms with Gasteiger partial charge in [-0.3, -0.25) is 4.79 Å². The van der Waals surface area contributed by atoms with Crippen LogP contribution in [0.15, 0.2) is 11.0 Å². The Morgan fingerprint density at radius 1 is 2.00 bits per heavy atom. The van der Waals surface area contributed by atoms with Crippen LogP contribution >= 0.6 is 0 Å². The van der Waals surface area contributed by atoms with Gasteiger partial charge < -0.3 is 5.21 Å². The van der Waals surface area contributed by atoms with Crippen molar-refractivity contribution in [3.05, 3.63) is 16.6 Å². The van der Waals surface area contributed by atoms with Crippen LogP contribution in [0.25, 0.3) is 0 Å². The van der Waals surface area contributed by atoms with Crippen molar-refractivity contribution in [1.29, 1.82) is 0 Å². The van der Waals surface area contributed by atoms with Gasteiger partial charge in [-0.15, -0.1) is 0 Å². The van der Waals surface area contributed by atoms with Gasteiger partial charge in [0.1, 0.15) is 6.20 Å². The lowest BCUT2D eigenvalue weighted by Crippen LogP contribution is -2.11. The minimum absolute atomic E-state index is 0.292. The van der Waals surface area contributed by atoms with E-state index in [4.69, 9.17) is 5.21 Å². The van der Waals surface area contributed by atoms with Crippen LogP contribution in [-0.2, 0) is 0 Å². The highest BCUT2D eigenvalue weighted by atomic mass is 16.5. The molecule has 0 radical (unpaired) electrons. The van der Waals surface area contributed by atoms with Crippen LogP contribution in [0.3, 0.4) is 0 Å². The zero-order valence-electron chi connectivity index (χ0n) is 3.33. The molecule has 1 aromatic heterocycles. The van der Waals surface area contributed by atoms with Crippen molar-refractivity contribution in [3.63, 3.8) is 0 Å². The zero-order chi connectivity index (χ0) is 5.28. The molecule has 0 aromatic carbocycles. The van der Waals surface area contributed by atoms with Gasteiger partial charge in [0.2, 0.25) is 0 Å². The van der Waals surface area contributed by atoms with E-state index >= 15 is 0 Å². The predicted molar refractivity (Wildman–Crippen MR) is 20.0 cm³/mol. The summed E-state index contributed by atoms with van der Waals surface area (Å²) in [6, 6.07) is 0. The van der Waals surface area contributed by atoms with Crippen LogP contribution in [0.4, 0.5) is 0 Å². The Bertz CT molecular complexity index is 199. The molecule has 0 bridgehead atoms. The van der Waals surface area contributed by atoms with Gasteiger partial charge >= 0.3 is 5.56 Å². The Kier molecular flexibility index (Phi) is 0.619. The maximum Gasteiger partial charge on any atom is 0.322 e. The fourth-order valence-corrected chi connectivity index (χ4v) is 0.243. The largest absolute Gasteiger partial charge is 0.409 e. The molecule has 0 fully saturated rings. The summed E-state index contributed by atoms with van der Waals surface area (Å²) in [4.78, 5) is 10.3. The lowest BCUT2D eigenvalue weighted by molar-refractivity contribution is 0.134. The molecule has 0 saturated carbocycles. The number of nitrogens with one attached hydrogen (secondary N) is 1. The van der Waals surface area contributed by atoms with Crippen LogP contribution in [0.1, 0.15) is 0 Å². The minimum atomic E-state index is -0.556. The van der Waals surface area contributed by atoms with E-state index in [1.165, 1.54) is 0 Å².